The number of ether oxygens (including phenoxy) is 3. The van der Waals surface area contributed by atoms with Crippen molar-refractivity contribution in [3.05, 3.63) is 54.1 Å². The first-order valence-electron chi connectivity index (χ1n) is 9.67. The lowest BCUT2D eigenvalue weighted by atomic mass is 10.1. The molecule has 0 spiro atoms. The summed E-state index contributed by atoms with van der Waals surface area (Å²) in [6, 6.07) is 14.2. The molecular weight excluding hydrogens is 398 g/mol. The van der Waals surface area contributed by atoms with Crippen LogP contribution in [-0.4, -0.2) is 38.7 Å². The van der Waals surface area contributed by atoms with Crippen LogP contribution in [0.25, 0.3) is 6.08 Å². The first-order chi connectivity index (χ1) is 15.0. The van der Waals surface area contributed by atoms with Crippen molar-refractivity contribution in [3.8, 4) is 23.3 Å². The van der Waals surface area contributed by atoms with Gasteiger partial charge in [0, 0.05) is 18.3 Å². The average Bonchev–Trinajstić information content (AvgIpc) is 2.77. The number of benzene rings is 2. The molecule has 8 nitrogen and oxygen atoms in total. The lowest BCUT2D eigenvalue weighted by Crippen LogP contribution is -2.30. The van der Waals surface area contributed by atoms with Crippen LogP contribution < -0.4 is 24.8 Å². The quantitative estimate of drug-likeness (QED) is 0.556. The van der Waals surface area contributed by atoms with E-state index in [4.69, 9.17) is 25.2 Å². The first kappa shape index (κ1) is 23.3. The number of carbonyl (C=O) groups excluding carboxylic acids is 2. The smallest absolute Gasteiger partial charge is 0.255 e. The van der Waals surface area contributed by atoms with E-state index in [0.29, 0.717) is 35.1 Å². The molecular formula is C23H25N3O5. The Morgan fingerprint density at radius 2 is 1.87 bits per heavy atom. The standard InChI is InChI=1S/C23H25N3O5/c1-3-30-19-9-7-18(8-10-19)26(14-4-13-24)23(28)12-6-17-5-11-20(21(15-17)29-2)31-16-22(25)27/h5-12,15H,3-4,14,16H2,1-2H3,(H2,25,27)/b12-6+. The average molecular weight is 423 g/mol. The van der Waals surface area contributed by atoms with E-state index < -0.39 is 5.91 Å². The van der Waals surface area contributed by atoms with Crippen LogP contribution in [0.2, 0.25) is 0 Å². The number of nitrogens with two attached hydrogens (primary N) is 1. The summed E-state index contributed by atoms with van der Waals surface area (Å²) < 4.78 is 16.0. The number of nitriles is 1. The molecule has 0 bridgehead atoms. The van der Waals surface area contributed by atoms with Crippen molar-refractivity contribution in [3.63, 3.8) is 0 Å². The van der Waals surface area contributed by atoms with Crippen LogP contribution >= 0.6 is 0 Å². The van der Waals surface area contributed by atoms with Gasteiger partial charge >= 0.3 is 0 Å². The Balaban J connectivity index is 2.18. The highest BCUT2D eigenvalue weighted by Crippen LogP contribution is 2.28. The molecule has 0 unspecified atom stereocenters. The first-order valence-corrected chi connectivity index (χ1v) is 9.67. The molecule has 0 heterocycles. The lowest BCUT2D eigenvalue weighted by Gasteiger charge is -2.20. The van der Waals surface area contributed by atoms with Gasteiger partial charge in [0.2, 0.25) is 0 Å². The van der Waals surface area contributed by atoms with Crippen LogP contribution in [0.5, 0.6) is 17.2 Å². The van der Waals surface area contributed by atoms with Crippen LogP contribution in [0.3, 0.4) is 0 Å². The van der Waals surface area contributed by atoms with Gasteiger partial charge in [-0.3, -0.25) is 9.59 Å². The van der Waals surface area contributed by atoms with Crippen LogP contribution in [0.15, 0.2) is 48.5 Å². The number of hydrogen-bond acceptors (Lipinski definition) is 6. The highest BCUT2D eigenvalue weighted by atomic mass is 16.5. The number of primary amides is 1. The number of hydrogen-bond donors (Lipinski definition) is 1. The maximum absolute atomic E-state index is 12.8. The molecule has 0 aromatic heterocycles. The molecule has 0 saturated carbocycles. The SMILES string of the molecule is CCOc1ccc(N(CCC#N)C(=O)/C=C/c2ccc(OCC(N)=O)c(OC)c2)cc1. The molecule has 0 aliphatic rings. The zero-order valence-corrected chi connectivity index (χ0v) is 17.5. The molecule has 2 amide bonds. The summed E-state index contributed by atoms with van der Waals surface area (Å²) in [6.07, 6.45) is 3.26. The van der Waals surface area contributed by atoms with Gasteiger partial charge in [0.05, 0.1) is 26.2 Å². The maximum Gasteiger partial charge on any atom is 0.255 e. The summed E-state index contributed by atoms with van der Waals surface area (Å²) in [6.45, 7) is 2.44. The second-order valence-electron chi connectivity index (χ2n) is 6.32. The summed E-state index contributed by atoms with van der Waals surface area (Å²) in [7, 11) is 1.47. The Labute approximate surface area is 181 Å². The number of nitrogens with zero attached hydrogens (tertiary/aromatic N) is 2. The fourth-order valence-corrected chi connectivity index (χ4v) is 2.73. The second-order valence-corrected chi connectivity index (χ2v) is 6.32. The normalized spacial score (nSPS) is 10.4. The molecule has 2 N–H and O–H groups in total. The van der Waals surface area contributed by atoms with Crippen molar-refractivity contribution in [2.75, 3.05) is 31.8 Å². The highest BCUT2D eigenvalue weighted by molar-refractivity contribution is 6.03. The van der Waals surface area contributed by atoms with E-state index in [-0.39, 0.29) is 25.5 Å². The second kappa shape index (κ2) is 11.9. The molecule has 0 radical (unpaired) electrons. The number of anilines is 1. The van der Waals surface area contributed by atoms with E-state index in [1.807, 2.05) is 6.92 Å². The molecule has 0 atom stereocenters. The maximum atomic E-state index is 12.8. The van der Waals surface area contributed by atoms with Gasteiger partial charge < -0.3 is 24.8 Å². The number of rotatable bonds is 11. The van der Waals surface area contributed by atoms with E-state index in [0.717, 1.165) is 0 Å². The van der Waals surface area contributed by atoms with Crippen molar-refractivity contribution in [2.45, 2.75) is 13.3 Å². The summed E-state index contributed by atoms with van der Waals surface area (Å²) in [5.74, 6) is 0.620. The van der Waals surface area contributed by atoms with Crippen molar-refractivity contribution in [1.29, 1.82) is 5.26 Å². The Morgan fingerprint density at radius 1 is 1.13 bits per heavy atom. The van der Waals surface area contributed by atoms with Crippen LogP contribution in [0, 0.1) is 11.3 Å². The summed E-state index contributed by atoms with van der Waals surface area (Å²) in [5, 5.41) is 8.95. The lowest BCUT2D eigenvalue weighted by molar-refractivity contribution is -0.120. The number of carbonyl (C=O) groups is 2. The topological polar surface area (TPSA) is 115 Å². The molecule has 0 aliphatic carbocycles. The fraction of sp³-hybridized carbons (Fsp3) is 0.261. The number of amides is 2. The van der Waals surface area contributed by atoms with Gasteiger partial charge in [-0.25, -0.2) is 0 Å². The van der Waals surface area contributed by atoms with Crippen molar-refractivity contribution in [1.82, 2.24) is 0 Å². The van der Waals surface area contributed by atoms with E-state index in [9.17, 15) is 9.59 Å². The van der Waals surface area contributed by atoms with Gasteiger partial charge in [-0.05, 0) is 55.0 Å². The zero-order chi connectivity index (χ0) is 22.6. The van der Waals surface area contributed by atoms with E-state index in [1.165, 1.54) is 18.1 Å². The molecule has 0 saturated heterocycles. The largest absolute Gasteiger partial charge is 0.494 e. The Hall–Kier alpha value is -3.99. The van der Waals surface area contributed by atoms with Crippen LogP contribution in [0.4, 0.5) is 5.69 Å². The predicted molar refractivity (Wildman–Crippen MR) is 117 cm³/mol. The third kappa shape index (κ3) is 7.08. The Morgan fingerprint density at radius 3 is 2.48 bits per heavy atom. The van der Waals surface area contributed by atoms with E-state index in [1.54, 1.807) is 48.5 Å². The predicted octanol–water partition coefficient (Wildman–Crippen LogP) is 2.92. The third-order valence-electron chi connectivity index (χ3n) is 4.15. The third-order valence-corrected chi connectivity index (χ3v) is 4.15. The minimum Gasteiger partial charge on any atom is -0.494 e. The molecule has 2 aromatic rings. The fourth-order valence-electron chi connectivity index (χ4n) is 2.73. The van der Waals surface area contributed by atoms with Crippen LogP contribution in [0.1, 0.15) is 18.9 Å². The van der Waals surface area contributed by atoms with Gasteiger partial charge in [0.15, 0.2) is 18.1 Å². The van der Waals surface area contributed by atoms with E-state index in [2.05, 4.69) is 6.07 Å². The van der Waals surface area contributed by atoms with Crippen molar-refractivity contribution in [2.24, 2.45) is 5.73 Å². The molecule has 2 rings (SSSR count). The molecule has 0 fully saturated rings. The van der Waals surface area contributed by atoms with Gasteiger partial charge in [0.1, 0.15) is 5.75 Å². The minimum absolute atomic E-state index is 0.201. The Kier molecular flexibility index (Phi) is 8.92. The van der Waals surface area contributed by atoms with Crippen molar-refractivity contribution < 1.29 is 23.8 Å². The zero-order valence-electron chi connectivity index (χ0n) is 17.5. The van der Waals surface area contributed by atoms with Crippen LogP contribution in [-0.2, 0) is 9.59 Å². The number of methoxy groups -OCH3 is 1. The monoisotopic (exact) mass is 423 g/mol. The minimum atomic E-state index is -0.594. The highest BCUT2D eigenvalue weighted by Gasteiger charge is 2.13. The van der Waals surface area contributed by atoms with Crippen molar-refractivity contribution >= 4 is 23.6 Å². The molecule has 31 heavy (non-hydrogen) atoms. The Bertz CT molecular complexity index is 964. The molecule has 162 valence electrons. The summed E-state index contributed by atoms with van der Waals surface area (Å²) in [4.78, 5) is 25.2. The summed E-state index contributed by atoms with van der Waals surface area (Å²) >= 11 is 0. The summed E-state index contributed by atoms with van der Waals surface area (Å²) in [5.41, 5.74) is 6.46. The van der Waals surface area contributed by atoms with Gasteiger partial charge in [-0.2, -0.15) is 5.26 Å². The molecule has 2 aromatic carbocycles. The van der Waals surface area contributed by atoms with Gasteiger partial charge in [0.25, 0.3) is 11.8 Å². The van der Waals surface area contributed by atoms with E-state index >= 15 is 0 Å². The molecule has 8 heteroatoms. The van der Waals surface area contributed by atoms with Gasteiger partial charge in [-0.15, -0.1) is 0 Å². The molecule has 0 aliphatic heterocycles. The van der Waals surface area contributed by atoms with Gasteiger partial charge in [-0.1, -0.05) is 6.07 Å².